The number of aliphatic hydroxyl groups is 1. The lowest BCUT2D eigenvalue weighted by Gasteiger charge is -2.27. The molecular formula is C16H30F3N5OS. The molecule has 0 saturated carbocycles. The predicted octanol–water partition coefficient (Wildman–Crippen LogP) is 2.09. The van der Waals surface area contributed by atoms with Gasteiger partial charge in [-0.1, -0.05) is 38.6 Å². The SMILES string of the molecule is C=C(N)/C=C\C(O)SC(=NC[C@@H](N)CC(CC)[C@H](C)C(F)(F)F)NNC. The number of halogens is 3. The third-order valence-electron chi connectivity index (χ3n) is 3.76. The normalized spacial score (nSPS) is 17.8. The highest BCUT2D eigenvalue weighted by Crippen LogP contribution is 2.35. The van der Waals surface area contributed by atoms with E-state index in [1.807, 2.05) is 0 Å². The van der Waals surface area contributed by atoms with Crippen LogP contribution in [0.3, 0.4) is 0 Å². The van der Waals surface area contributed by atoms with Crippen LogP contribution in [0.2, 0.25) is 0 Å². The Labute approximate surface area is 157 Å². The highest BCUT2D eigenvalue weighted by molar-refractivity contribution is 8.14. The zero-order valence-electron chi connectivity index (χ0n) is 15.4. The van der Waals surface area contributed by atoms with Gasteiger partial charge in [0.1, 0.15) is 5.44 Å². The molecule has 7 N–H and O–H groups in total. The van der Waals surface area contributed by atoms with Gasteiger partial charge in [0.15, 0.2) is 5.17 Å². The van der Waals surface area contributed by atoms with Crippen molar-refractivity contribution in [1.82, 2.24) is 10.9 Å². The maximum Gasteiger partial charge on any atom is 0.391 e. The molecule has 2 unspecified atom stereocenters. The minimum absolute atomic E-state index is 0.137. The van der Waals surface area contributed by atoms with E-state index in [9.17, 15) is 18.3 Å². The van der Waals surface area contributed by atoms with Crippen molar-refractivity contribution in [2.24, 2.45) is 28.3 Å². The topological polar surface area (TPSA) is 109 Å². The summed E-state index contributed by atoms with van der Waals surface area (Å²) in [5.74, 6) is -1.97. The lowest BCUT2D eigenvalue weighted by molar-refractivity contribution is -0.184. The van der Waals surface area contributed by atoms with Gasteiger partial charge in [-0.3, -0.25) is 4.99 Å². The summed E-state index contributed by atoms with van der Waals surface area (Å²) in [6, 6.07) is -0.518. The van der Waals surface area contributed by atoms with Crippen molar-refractivity contribution in [2.45, 2.75) is 44.3 Å². The summed E-state index contributed by atoms with van der Waals surface area (Å²) in [6.45, 7) is 6.53. The van der Waals surface area contributed by atoms with Crippen molar-refractivity contribution in [3.63, 3.8) is 0 Å². The van der Waals surface area contributed by atoms with E-state index in [1.54, 1.807) is 14.0 Å². The average Bonchev–Trinajstić information content (AvgIpc) is 2.54. The molecule has 0 aromatic rings. The van der Waals surface area contributed by atoms with Gasteiger partial charge in [0, 0.05) is 18.8 Å². The molecule has 0 amide bonds. The monoisotopic (exact) mass is 397 g/mol. The van der Waals surface area contributed by atoms with Crippen LogP contribution in [0.25, 0.3) is 0 Å². The van der Waals surface area contributed by atoms with Crippen molar-refractivity contribution in [1.29, 1.82) is 0 Å². The Hall–Kier alpha value is -1.23. The largest absolute Gasteiger partial charge is 0.399 e. The third-order valence-corrected chi connectivity index (χ3v) is 4.61. The maximum absolute atomic E-state index is 12.9. The summed E-state index contributed by atoms with van der Waals surface area (Å²) < 4.78 is 38.7. The zero-order valence-corrected chi connectivity index (χ0v) is 16.2. The molecule has 0 bridgehead atoms. The number of amidine groups is 1. The van der Waals surface area contributed by atoms with Crippen LogP contribution in [-0.2, 0) is 0 Å². The fourth-order valence-electron chi connectivity index (χ4n) is 2.23. The number of thioether (sulfide) groups is 1. The molecule has 0 aliphatic rings. The van der Waals surface area contributed by atoms with Gasteiger partial charge < -0.3 is 22.0 Å². The summed E-state index contributed by atoms with van der Waals surface area (Å²) in [6.07, 6.45) is -0.723. The lowest BCUT2D eigenvalue weighted by atomic mass is 9.85. The van der Waals surface area contributed by atoms with E-state index < -0.39 is 29.5 Å². The summed E-state index contributed by atoms with van der Waals surface area (Å²) >= 11 is 1.00. The molecule has 10 heteroatoms. The Morgan fingerprint density at radius 1 is 1.42 bits per heavy atom. The van der Waals surface area contributed by atoms with Crippen LogP contribution in [0.1, 0.15) is 26.7 Å². The number of rotatable bonds is 10. The van der Waals surface area contributed by atoms with E-state index in [2.05, 4.69) is 22.4 Å². The van der Waals surface area contributed by atoms with E-state index >= 15 is 0 Å². The van der Waals surface area contributed by atoms with E-state index in [4.69, 9.17) is 11.5 Å². The van der Waals surface area contributed by atoms with Gasteiger partial charge in [-0.25, -0.2) is 5.43 Å². The van der Waals surface area contributed by atoms with Crippen molar-refractivity contribution >= 4 is 16.9 Å². The number of hydrazine groups is 1. The molecule has 0 saturated heterocycles. The summed E-state index contributed by atoms with van der Waals surface area (Å²) in [7, 11) is 1.62. The van der Waals surface area contributed by atoms with Crippen molar-refractivity contribution in [2.75, 3.05) is 13.6 Å². The first-order valence-corrected chi connectivity index (χ1v) is 9.15. The van der Waals surface area contributed by atoms with Crippen LogP contribution in [-0.4, -0.2) is 41.5 Å². The molecule has 0 rings (SSSR count). The van der Waals surface area contributed by atoms with Gasteiger partial charge in [0.25, 0.3) is 0 Å². The first-order valence-electron chi connectivity index (χ1n) is 8.28. The molecule has 0 aromatic heterocycles. The number of hydrogen-bond donors (Lipinski definition) is 5. The highest BCUT2D eigenvalue weighted by atomic mass is 32.2. The van der Waals surface area contributed by atoms with Crippen molar-refractivity contribution in [3.05, 3.63) is 24.4 Å². The van der Waals surface area contributed by atoms with Crippen LogP contribution in [0.5, 0.6) is 0 Å². The maximum atomic E-state index is 12.9. The molecule has 4 atom stereocenters. The number of hydrogen-bond acceptors (Lipinski definition) is 6. The molecule has 6 nitrogen and oxygen atoms in total. The molecule has 0 aromatic carbocycles. The molecule has 0 aliphatic carbocycles. The minimum Gasteiger partial charge on any atom is -0.399 e. The fraction of sp³-hybridized carbons (Fsp3) is 0.688. The zero-order chi connectivity index (χ0) is 20.3. The first kappa shape index (κ1) is 24.8. The Balaban J connectivity index is 4.79. The van der Waals surface area contributed by atoms with E-state index in [-0.39, 0.29) is 13.0 Å². The number of nitrogens with zero attached hydrogens (tertiary/aromatic N) is 1. The molecule has 0 spiro atoms. The summed E-state index contributed by atoms with van der Waals surface area (Å²) in [5.41, 5.74) is 16.2. The molecule has 0 aliphatic heterocycles. The summed E-state index contributed by atoms with van der Waals surface area (Å²) in [5, 5.41) is 10.2. The molecule has 152 valence electrons. The number of aliphatic hydroxyl groups excluding tert-OH is 1. The molecular weight excluding hydrogens is 367 g/mol. The molecule has 0 fully saturated rings. The standard InChI is InChI=1S/C16H30F3N5OS/c1-5-12(11(3)16(17,18)19)8-13(21)9-23-15(24-22-4)26-14(25)7-6-10(2)20/h6-7,11-14,22,25H,2,5,8-9,20-21H2,1,3-4H3,(H,23,24)/b7-6-/t11-,12?,13-,14?/m0/s1. The number of nitrogens with two attached hydrogens (primary N) is 2. The number of nitrogens with one attached hydrogen (secondary N) is 2. The quantitative estimate of drug-likeness (QED) is 0.127. The molecule has 0 heterocycles. The number of aliphatic imine (C=N–C) groups is 1. The van der Waals surface area contributed by atoms with Crippen LogP contribution in [0.15, 0.2) is 29.4 Å². The molecule has 26 heavy (non-hydrogen) atoms. The Kier molecular flexibility index (Phi) is 11.6. The van der Waals surface area contributed by atoms with Crippen molar-refractivity contribution < 1.29 is 18.3 Å². The van der Waals surface area contributed by atoms with Gasteiger partial charge in [-0.2, -0.15) is 13.2 Å². The van der Waals surface area contributed by atoms with Gasteiger partial charge in [0.05, 0.1) is 12.5 Å². The second-order valence-electron chi connectivity index (χ2n) is 5.96. The smallest absolute Gasteiger partial charge is 0.391 e. The Morgan fingerprint density at radius 2 is 2.04 bits per heavy atom. The van der Waals surface area contributed by atoms with Gasteiger partial charge in [-0.15, -0.1) is 0 Å². The highest BCUT2D eigenvalue weighted by Gasteiger charge is 2.40. The predicted molar refractivity (Wildman–Crippen MR) is 102 cm³/mol. The van der Waals surface area contributed by atoms with Crippen LogP contribution in [0.4, 0.5) is 13.2 Å². The van der Waals surface area contributed by atoms with Gasteiger partial charge in [0.2, 0.25) is 0 Å². The lowest BCUT2D eigenvalue weighted by Crippen LogP contribution is -2.36. The third kappa shape index (κ3) is 10.7. The fourth-order valence-corrected chi connectivity index (χ4v) is 2.92. The van der Waals surface area contributed by atoms with Crippen LogP contribution < -0.4 is 22.3 Å². The van der Waals surface area contributed by atoms with E-state index in [1.165, 1.54) is 19.1 Å². The molecule has 0 radical (unpaired) electrons. The van der Waals surface area contributed by atoms with Gasteiger partial charge in [-0.05, 0) is 24.5 Å². The number of alkyl halides is 3. The van der Waals surface area contributed by atoms with Crippen LogP contribution >= 0.6 is 11.8 Å². The number of allylic oxidation sites excluding steroid dienone is 1. The van der Waals surface area contributed by atoms with Crippen molar-refractivity contribution in [3.8, 4) is 0 Å². The Morgan fingerprint density at radius 3 is 2.50 bits per heavy atom. The first-order chi connectivity index (χ1) is 12.0. The van der Waals surface area contributed by atoms with E-state index in [0.717, 1.165) is 11.8 Å². The second kappa shape index (κ2) is 12.2. The Bertz CT molecular complexity index is 485. The van der Waals surface area contributed by atoms with Gasteiger partial charge >= 0.3 is 6.18 Å². The van der Waals surface area contributed by atoms with E-state index in [0.29, 0.717) is 17.3 Å². The minimum atomic E-state index is -4.23. The second-order valence-corrected chi connectivity index (χ2v) is 7.06. The summed E-state index contributed by atoms with van der Waals surface area (Å²) in [4.78, 5) is 4.24. The average molecular weight is 398 g/mol. The van der Waals surface area contributed by atoms with Crippen LogP contribution in [0, 0.1) is 11.8 Å².